The average Bonchev–Trinajstić information content (AvgIpc) is 3.53. The largest absolute Gasteiger partial charge is 0.315 e. The highest BCUT2D eigenvalue weighted by atomic mass is 32.2. The van der Waals surface area contributed by atoms with Crippen molar-refractivity contribution < 1.29 is 8.42 Å². The summed E-state index contributed by atoms with van der Waals surface area (Å²) in [5.41, 5.74) is 2.27. The molecule has 13 heteroatoms. The summed E-state index contributed by atoms with van der Waals surface area (Å²) in [6.07, 6.45) is 6.31. The molecule has 0 bridgehead atoms. The van der Waals surface area contributed by atoms with Crippen LogP contribution in [0.3, 0.4) is 0 Å². The third-order valence-corrected chi connectivity index (χ3v) is 7.21. The van der Waals surface area contributed by atoms with Gasteiger partial charge in [-0.3, -0.25) is 4.72 Å². The summed E-state index contributed by atoms with van der Waals surface area (Å²) in [7, 11) is -4.13. The number of aromatic amines is 1. The second kappa shape index (κ2) is 8.01. The smallest absolute Gasteiger partial charge is 0.239 e. The van der Waals surface area contributed by atoms with E-state index in [0.717, 1.165) is 25.1 Å². The van der Waals surface area contributed by atoms with Gasteiger partial charge < -0.3 is 9.72 Å². The second-order valence-corrected chi connectivity index (χ2v) is 9.46. The van der Waals surface area contributed by atoms with Crippen molar-refractivity contribution in [1.82, 2.24) is 40.0 Å². The van der Waals surface area contributed by atoms with Crippen molar-refractivity contribution in [1.29, 1.82) is 0 Å². The highest BCUT2D eigenvalue weighted by Crippen LogP contribution is 2.40. The number of hydrogen-bond donors (Lipinski definition) is 4. The van der Waals surface area contributed by atoms with E-state index in [9.17, 15) is 8.42 Å². The molecule has 1 aliphatic heterocycles. The quantitative estimate of drug-likeness (QED) is 0.307. The molecule has 4 aromatic rings. The third kappa shape index (κ3) is 3.81. The van der Waals surface area contributed by atoms with E-state index >= 15 is 0 Å². The maximum absolute atomic E-state index is 12.8. The molecular weight excluding hydrogens is 438 g/mol. The van der Waals surface area contributed by atoms with Crippen LogP contribution in [0.25, 0.3) is 28.2 Å². The first-order chi connectivity index (χ1) is 15.0. The van der Waals surface area contributed by atoms with E-state index < -0.39 is 10.0 Å². The van der Waals surface area contributed by atoms with E-state index in [-0.39, 0.29) is 22.3 Å². The van der Waals surface area contributed by atoms with Crippen LogP contribution in [0.5, 0.6) is 0 Å². The van der Waals surface area contributed by atoms with Crippen molar-refractivity contribution in [2.45, 2.75) is 22.3 Å². The second-order valence-electron chi connectivity index (χ2n) is 7.09. The summed E-state index contributed by atoms with van der Waals surface area (Å²) < 4.78 is 30.7. The number of sulfonamides is 1. The van der Waals surface area contributed by atoms with Crippen LogP contribution in [0.15, 0.2) is 52.6 Å². The zero-order valence-electron chi connectivity index (χ0n) is 16.2. The first kappa shape index (κ1) is 20.1. The molecule has 4 heterocycles. The van der Waals surface area contributed by atoms with Crippen LogP contribution in [-0.4, -0.2) is 57.6 Å². The van der Waals surface area contributed by atoms with Crippen molar-refractivity contribution >= 4 is 27.6 Å². The predicted molar refractivity (Wildman–Crippen MR) is 115 cm³/mol. The standard InChI is InChI=1S/C18H19N9O2S2/c19-31(28,29)16-14(30-24-11-5-6-20-10-11)4-3-12(15(16)17-22-25-26-23-17)13-2-1-8-27-9-7-21-18(13)27/h1-4,7-9,11,20,24H,5-6,10H2,(H2,19,28,29)(H,22,23,25,26)/t11-/m1/s1. The van der Waals surface area contributed by atoms with Gasteiger partial charge in [0.2, 0.25) is 15.8 Å². The zero-order valence-corrected chi connectivity index (χ0v) is 17.8. The number of fused-ring (bicyclic) bond motifs is 1. The Hall–Kier alpha value is -2.84. The number of nitrogens with zero attached hydrogens (tertiary/aromatic N) is 5. The van der Waals surface area contributed by atoms with Gasteiger partial charge >= 0.3 is 0 Å². The summed E-state index contributed by atoms with van der Waals surface area (Å²) in [6.45, 7) is 1.73. The number of hydrogen-bond acceptors (Lipinski definition) is 9. The Morgan fingerprint density at radius 2 is 2.13 bits per heavy atom. The van der Waals surface area contributed by atoms with E-state index in [1.165, 1.54) is 11.9 Å². The molecule has 0 amide bonds. The number of nitrogens with one attached hydrogen (secondary N) is 3. The maximum atomic E-state index is 12.8. The number of tetrazole rings is 1. The number of primary sulfonamides is 1. The van der Waals surface area contributed by atoms with E-state index in [2.05, 4.69) is 35.6 Å². The molecule has 0 saturated carbocycles. The molecule has 5 N–H and O–H groups in total. The van der Waals surface area contributed by atoms with Crippen molar-refractivity contribution in [3.05, 3.63) is 42.9 Å². The van der Waals surface area contributed by atoms with Crippen molar-refractivity contribution in [2.75, 3.05) is 13.1 Å². The van der Waals surface area contributed by atoms with E-state index in [1.54, 1.807) is 12.3 Å². The van der Waals surface area contributed by atoms with Crippen LogP contribution in [-0.2, 0) is 10.0 Å². The van der Waals surface area contributed by atoms with Gasteiger partial charge in [0.1, 0.15) is 10.5 Å². The SMILES string of the molecule is NS(=O)(=O)c1c(SN[C@@H]2CCNC2)ccc(-c2cccn3ccnc23)c1-c1nn[nH]n1. The Morgan fingerprint density at radius 1 is 1.23 bits per heavy atom. The molecular formula is C18H19N9O2S2. The number of imidazole rings is 1. The number of pyridine rings is 1. The fourth-order valence-corrected chi connectivity index (χ4v) is 5.83. The Morgan fingerprint density at radius 3 is 2.87 bits per heavy atom. The normalized spacial score (nSPS) is 16.9. The van der Waals surface area contributed by atoms with E-state index in [4.69, 9.17) is 5.14 Å². The monoisotopic (exact) mass is 457 g/mol. The molecule has 11 nitrogen and oxygen atoms in total. The lowest BCUT2D eigenvalue weighted by Gasteiger charge is -2.17. The van der Waals surface area contributed by atoms with Gasteiger partial charge in [0, 0.05) is 41.6 Å². The van der Waals surface area contributed by atoms with Crippen molar-refractivity contribution in [3.8, 4) is 22.5 Å². The number of rotatable bonds is 6. The molecule has 1 atom stereocenters. The molecule has 1 aliphatic rings. The number of nitrogens with two attached hydrogens (primary N) is 1. The van der Waals surface area contributed by atoms with Crippen LogP contribution in [0.2, 0.25) is 0 Å². The summed E-state index contributed by atoms with van der Waals surface area (Å²) >= 11 is 1.24. The minimum Gasteiger partial charge on any atom is -0.315 e. The Bertz CT molecular complexity index is 1330. The minimum atomic E-state index is -4.13. The molecule has 5 rings (SSSR count). The summed E-state index contributed by atoms with van der Waals surface area (Å²) in [5.74, 6) is 0.137. The first-order valence-electron chi connectivity index (χ1n) is 9.51. The Labute approximate surface area is 182 Å². The molecule has 1 aromatic carbocycles. The highest BCUT2D eigenvalue weighted by Gasteiger charge is 2.28. The van der Waals surface area contributed by atoms with Gasteiger partial charge in [0.15, 0.2) is 0 Å². The maximum Gasteiger partial charge on any atom is 0.239 e. The van der Waals surface area contributed by atoms with Gasteiger partial charge in [-0.1, -0.05) is 6.07 Å². The summed E-state index contributed by atoms with van der Waals surface area (Å²) in [6, 6.07) is 7.53. The zero-order chi connectivity index (χ0) is 21.4. The molecule has 1 saturated heterocycles. The lowest BCUT2D eigenvalue weighted by molar-refractivity contribution is 0.596. The molecule has 0 spiro atoms. The van der Waals surface area contributed by atoms with Crippen LogP contribution in [0, 0.1) is 0 Å². The lowest BCUT2D eigenvalue weighted by atomic mass is 10.00. The minimum absolute atomic E-state index is 0.0524. The van der Waals surface area contributed by atoms with Gasteiger partial charge in [-0.25, -0.2) is 18.5 Å². The summed E-state index contributed by atoms with van der Waals surface area (Å²) in [5, 5.41) is 23.1. The topological polar surface area (TPSA) is 156 Å². The number of benzene rings is 1. The van der Waals surface area contributed by atoms with Crippen LogP contribution < -0.4 is 15.2 Å². The van der Waals surface area contributed by atoms with Gasteiger partial charge in [0.25, 0.3) is 0 Å². The van der Waals surface area contributed by atoms with E-state index in [1.807, 2.05) is 35.0 Å². The number of aromatic nitrogens is 6. The summed E-state index contributed by atoms with van der Waals surface area (Å²) in [4.78, 5) is 4.83. The molecule has 31 heavy (non-hydrogen) atoms. The average molecular weight is 458 g/mol. The number of H-pyrrole nitrogens is 1. The Kier molecular flexibility index (Phi) is 5.19. The van der Waals surface area contributed by atoms with Crippen LogP contribution >= 0.6 is 11.9 Å². The molecule has 0 unspecified atom stereocenters. The highest BCUT2D eigenvalue weighted by molar-refractivity contribution is 7.98. The van der Waals surface area contributed by atoms with Gasteiger partial charge in [0.05, 0.1) is 5.56 Å². The Balaban J connectivity index is 1.73. The van der Waals surface area contributed by atoms with Crippen LogP contribution in [0.1, 0.15) is 6.42 Å². The first-order valence-corrected chi connectivity index (χ1v) is 11.9. The van der Waals surface area contributed by atoms with Gasteiger partial charge in [-0.2, -0.15) is 5.21 Å². The van der Waals surface area contributed by atoms with E-state index in [0.29, 0.717) is 16.1 Å². The molecule has 0 radical (unpaired) electrons. The van der Waals surface area contributed by atoms with Crippen molar-refractivity contribution in [3.63, 3.8) is 0 Å². The van der Waals surface area contributed by atoms with Crippen LogP contribution in [0.4, 0.5) is 0 Å². The molecule has 3 aromatic heterocycles. The lowest BCUT2D eigenvalue weighted by Crippen LogP contribution is -2.26. The van der Waals surface area contributed by atoms with Crippen molar-refractivity contribution in [2.24, 2.45) is 5.14 Å². The fraction of sp³-hybridized carbons (Fsp3) is 0.222. The third-order valence-electron chi connectivity index (χ3n) is 5.08. The van der Waals surface area contributed by atoms with Gasteiger partial charge in [-0.15, -0.1) is 10.2 Å². The molecule has 160 valence electrons. The molecule has 0 aliphatic carbocycles. The predicted octanol–water partition coefficient (Wildman–Crippen LogP) is 0.787. The fourth-order valence-electron chi connectivity index (χ4n) is 3.70. The van der Waals surface area contributed by atoms with Gasteiger partial charge in [-0.05, 0) is 53.9 Å². The molecule has 1 fully saturated rings.